The van der Waals surface area contributed by atoms with Crippen LogP contribution in [0.15, 0.2) is 10.3 Å². The largest absolute Gasteiger partial charge is 0.396 e. The quantitative estimate of drug-likeness (QED) is 0.537. The molecular weight excluding hydrogens is 206 g/mol. The minimum absolute atomic E-state index is 0.0492. The van der Waals surface area contributed by atoms with Gasteiger partial charge in [0.15, 0.2) is 0 Å². The molecule has 0 aromatic rings. The number of oxime groups is 1. The number of carbonyl (C=O) groups is 1. The van der Waals surface area contributed by atoms with Gasteiger partial charge in [0.25, 0.3) is 5.91 Å². The van der Waals surface area contributed by atoms with Gasteiger partial charge in [-0.1, -0.05) is 19.0 Å². The van der Waals surface area contributed by atoms with Crippen molar-refractivity contribution >= 4 is 17.3 Å². The van der Waals surface area contributed by atoms with Gasteiger partial charge in [-0.2, -0.15) is 5.10 Å². The highest BCUT2D eigenvalue weighted by Gasteiger charge is 2.33. The number of rotatable bonds is 4. The van der Waals surface area contributed by atoms with E-state index in [1.165, 1.54) is 5.01 Å². The van der Waals surface area contributed by atoms with Gasteiger partial charge in [-0.15, -0.1) is 0 Å². The molecule has 1 rings (SSSR count). The highest BCUT2D eigenvalue weighted by atomic mass is 16.6. The van der Waals surface area contributed by atoms with E-state index >= 15 is 0 Å². The van der Waals surface area contributed by atoms with Crippen LogP contribution in [0.4, 0.5) is 0 Å². The molecule has 0 fully saturated rings. The highest BCUT2D eigenvalue weighted by Crippen LogP contribution is 2.15. The van der Waals surface area contributed by atoms with Crippen molar-refractivity contribution in [2.45, 2.75) is 27.7 Å². The highest BCUT2D eigenvalue weighted by molar-refractivity contribution is 6.22. The molecule has 1 unspecified atom stereocenters. The van der Waals surface area contributed by atoms with Gasteiger partial charge in [0.1, 0.15) is 12.5 Å². The molecule has 1 atom stereocenters. The first-order valence-electron chi connectivity index (χ1n) is 5.42. The van der Waals surface area contributed by atoms with Gasteiger partial charge in [-0.3, -0.25) is 4.79 Å². The summed E-state index contributed by atoms with van der Waals surface area (Å²) >= 11 is 0. The van der Waals surface area contributed by atoms with E-state index in [2.05, 4.69) is 10.3 Å². The van der Waals surface area contributed by atoms with Crippen LogP contribution in [-0.4, -0.2) is 36.0 Å². The molecule has 5 heteroatoms. The van der Waals surface area contributed by atoms with Crippen LogP contribution in [0, 0.1) is 11.8 Å². The molecular formula is C11H19N3O2. The van der Waals surface area contributed by atoms with Crippen molar-refractivity contribution in [1.29, 1.82) is 0 Å². The standard InChI is InChI=1S/C11H19N3O2/c1-7(2)6-16-13-9(4)10-8(3)12-14(5)11(10)15/h7,10H,6H2,1-5H3. The number of hydrazone groups is 1. The van der Waals surface area contributed by atoms with Gasteiger partial charge in [0.2, 0.25) is 0 Å². The summed E-state index contributed by atoms with van der Waals surface area (Å²) < 4.78 is 0. The van der Waals surface area contributed by atoms with Gasteiger partial charge < -0.3 is 4.84 Å². The predicted molar refractivity (Wildman–Crippen MR) is 63.3 cm³/mol. The number of hydrogen-bond acceptors (Lipinski definition) is 4. The van der Waals surface area contributed by atoms with E-state index in [1.807, 2.05) is 20.8 Å². The van der Waals surface area contributed by atoms with E-state index in [0.29, 0.717) is 18.2 Å². The first kappa shape index (κ1) is 12.7. The number of hydrogen-bond donors (Lipinski definition) is 0. The molecule has 0 bridgehead atoms. The average molecular weight is 225 g/mol. The monoisotopic (exact) mass is 225 g/mol. The summed E-state index contributed by atoms with van der Waals surface area (Å²) in [4.78, 5) is 16.9. The van der Waals surface area contributed by atoms with E-state index in [4.69, 9.17) is 4.84 Å². The maximum Gasteiger partial charge on any atom is 0.257 e. The first-order valence-corrected chi connectivity index (χ1v) is 5.42. The van der Waals surface area contributed by atoms with Crippen LogP contribution in [-0.2, 0) is 9.63 Å². The molecule has 16 heavy (non-hydrogen) atoms. The lowest BCUT2D eigenvalue weighted by atomic mass is 10.00. The second-order valence-electron chi connectivity index (χ2n) is 4.46. The van der Waals surface area contributed by atoms with E-state index in [9.17, 15) is 4.79 Å². The third-order valence-corrected chi connectivity index (χ3v) is 2.33. The Morgan fingerprint density at radius 1 is 1.62 bits per heavy atom. The van der Waals surface area contributed by atoms with Crippen molar-refractivity contribution in [2.75, 3.05) is 13.7 Å². The molecule has 1 aliphatic rings. The first-order chi connectivity index (χ1) is 7.43. The Balaban J connectivity index is 2.64. The molecule has 0 N–H and O–H groups in total. The van der Waals surface area contributed by atoms with Crippen molar-refractivity contribution < 1.29 is 9.63 Å². The summed E-state index contributed by atoms with van der Waals surface area (Å²) in [5.41, 5.74) is 1.43. The zero-order valence-corrected chi connectivity index (χ0v) is 10.5. The summed E-state index contributed by atoms with van der Waals surface area (Å²) in [5.74, 6) is 0.0253. The fourth-order valence-corrected chi connectivity index (χ4v) is 1.53. The average Bonchev–Trinajstić information content (AvgIpc) is 2.40. The zero-order chi connectivity index (χ0) is 12.3. The van der Waals surface area contributed by atoms with Gasteiger partial charge in [-0.05, 0) is 19.8 Å². The van der Waals surface area contributed by atoms with Crippen LogP contribution in [0.3, 0.4) is 0 Å². The van der Waals surface area contributed by atoms with Crippen LogP contribution >= 0.6 is 0 Å². The summed E-state index contributed by atoms with van der Waals surface area (Å²) in [6, 6.07) is 0. The Labute approximate surface area is 96.1 Å². The third-order valence-electron chi connectivity index (χ3n) is 2.33. The van der Waals surface area contributed by atoms with E-state index in [1.54, 1.807) is 14.0 Å². The Bertz CT molecular complexity index is 334. The Morgan fingerprint density at radius 3 is 2.69 bits per heavy atom. The van der Waals surface area contributed by atoms with Crippen LogP contribution < -0.4 is 0 Å². The Morgan fingerprint density at radius 2 is 2.25 bits per heavy atom. The molecule has 0 spiro atoms. The van der Waals surface area contributed by atoms with Crippen LogP contribution in [0.1, 0.15) is 27.7 Å². The number of carbonyl (C=O) groups excluding carboxylic acids is 1. The van der Waals surface area contributed by atoms with Gasteiger partial charge in [0, 0.05) is 7.05 Å². The molecule has 0 aromatic carbocycles. The Kier molecular flexibility index (Phi) is 4.04. The molecule has 1 amide bonds. The smallest absolute Gasteiger partial charge is 0.257 e. The lowest BCUT2D eigenvalue weighted by Crippen LogP contribution is -2.29. The van der Waals surface area contributed by atoms with Gasteiger partial charge in [-0.25, -0.2) is 5.01 Å². The minimum Gasteiger partial charge on any atom is -0.396 e. The third kappa shape index (κ3) is 2.81. The summed E-state index contributed by atoms with van der Waals surface area (Å²) in [6.07, 6.45) is 0. The predicted octanol–water partition coefficient (Wildman–Crippen LogP) is 1.50. The van der Waals surface area contributed by atoms with Crippen molar-refractivity contribution in [1.82, 2.24) is 5.01 Å². The van der Waals surface area contributed by atoms with Crippen molar-refractivity contribution in [2.24, 2.45) is 22.1 Å². The molecule has 1 aliphatic heterocycles. The second-order valence-corrected chi connectivity index (χ2v) is 4.46. The number of amides is 1. The number of nitrogens with zero attached hydrogens (tertiary/aromatic N) is 3. The Hall–Kier alpha value is -1.39. The van der Waals surface area contributed by atoms with Crippen molar-refractivity contribution in [3.63, 3.8) is 0 Å². The van der Waals surface area contributed by atoms with Crippen LogP contribution in [0.25, 0.3) is 0 Å². The molecule has 0 radical (unpaired) electrons. The normalized spacial score (nSPS) is 21.8. The molecule has 0 aliphatic carbocycles. The topological polar surface area (TPSA) is 54.3 Å². The van der Waals surface area contributed by atoms with Crippen LogP contribution in [0.2, 0.25) is 0 Å². The van der Waals surface area contributed by atoms with Gasteiger partial charge >= 0.3 is 0 Å². The molecule has 0 saturated heterocycles. The van der Waals surface area contributed by atoms with Crippen LogP contribution in [0.5, 0.6) is 0 Å². The fraction of sp³-hybridized carbons (Fsp3) is 0.727. The molecule has 0 saturated carbocycles. The maximum atomic E-state index is 11.7. The zero-order valence-electron chi connectivity index (χ0n) is 10.5. The lowest BCUT2D eigenvalue weighted by Gasteiger charge is -2.10. The molecule has 1 heterocycles. The summed E-state index contributed by atoms with van der Waals surface area (Å²) in [5, 5.41) is 9.40. The van der Waals surface area contributed by atoms with E-state index in [-0.39, 0.29) is 11.8 Å². The summed E-state index contributed by atoms with van der Waals surface area (Å²) in [6.45, 7) is 8.27. The molecule has 0 aromatic heterocycles. The molecule has 90 valence electrons. The fourth-order valence-electron chi connectivity index (χ4n) is 1.53. The lowest BCUT2D eigenvalue weighted by molar-refractivity contribution is -0.128. The van der Waals surface area contributed by atoms with E-state index in [0.717, 1.165) is 5.71 Å². The minimum atomic E-state index is -0.350. The summed E-state index contributed by atoms with van der Waals surface area (Å²) in [7, 11) is 1.65. The van der Waals surface area contributed by atoms with Crippen molar-refractivity contribution in [3.8, 4) is 0 Å². The second kappa shape index (κ2) is 5.09. The van der Waals surface area contributed by atoms with E-state index < -0.39 is 0 Å². The SMILES string of the molecule is CC(=NOCC(C)C)C1C(=O)N(C)N=C1C. The molecule has 5 nitrogen and oxygen atoms in total. The van der Waals surface area contributed by atoms with Crippen molar-refractivity contribution in [3.05, 3.63) is 0 Å². The maximum absolute atomic E-state index is 11.7. The van der Waals surface area contributed by atoms with Gasteiger partial charge in [0.05, 0.1) is 11.4 Å².